The molecule has 0 unspecified atom stereocenters. The summed E-state index contributed by atoms with van der Waals surface area (Å²) in [5.41, 5.74) is 2.51. The summed E-state index contributed by atoms with van der Waals surface area (Å²) in [7, 11) is 4.91. The van der Waals surface area contributed by atoms with Crippen LogP contribution in [0.5, 0.6) is 17.2 Å². The van der Waals surface area contributed by atoms with Gasteiger partial charge in [0.25, 0.3) is 0 Å². The largest absolute Gasteiger partial charge is 0.497 e. The third-order valence-electron chi connectivity index (χ3n) is 4.61. The van der Waals surface area contributed by atoms with Crippen molar-refractivity contribution in [2.45, 2.75) is 0 Å². The van der Waals surface area contributed by atoms with Crippen LogP contribution in [-0.2, 0) is 0 Å². The van der Waals surface area contributed by atoms with Crippen LogP contribution in [0.25, 0.3) is 22.3 Å². The van der Waals surface area contributed by atoms with E-state index in [2.05, 4.69) is 5.32 Å². The second-order valence-electron chi connectivity index (χ2n) is 6.33. The number of hydrogen-bond donors (Lipinski definition) is 1. The summed E-state index contributed by atoms with van der Waals surface area (Å²) in [6, 6.07) is 21.1. The predicted octanol–water partition coefficient (Wildman–Crippen LogP) is 5.07. The monoisotopic (exact) mass is 387 g/mol. The van der Waals surface area contributed by atoms with Crippen LogP contribution in [0.3, 0.4) is 0 Å². The van der Waals surface area contributed by atoms with Crippen LogP contribution in [0.2, 0.25) is 0 Å². The van der Waals surface area contributed by atoms with Gasteiger partial charge in [0.2, 0.25) is 0 Å². The van der Waals surface area contributed by atoms with Crippen molar-refractivity contribution < 1.29 is 14.2 Å². The number of fused-ring (bicyclic) bond motifs is 1. The van der Waals surface area contributed by atoms with Crippen molar-refractivity contribution in [3.63, 3.8) is 0 Å². The van der Waals surface area contributed by atoms with Gasteiger partial charge in [-0.05, 0) is 48.5 Å². The Bertz CT molecular complexity index is 1140. The van der Waals surface area contributed by atoms with E-state index in [1.54, 1.807) is 21.3 Å². The zero-order valence-corrected chi connectivity index (χ0v) is 16.5. The van der Waals surface area contributed by atoms with Gasteiger partial charge in [-0.1, -0.05) is 12.1 Å². The second-order valence-corrected chi connectivity index (χ2v) is 6.33. The Morgan fingerprint density at radius 2 is 1.45 bits per heavy atom. The number of hydrogen-bond acceptors (Lipinski definition) is 6. The van der Waals surface area contributed by atoms with Gasteiger partial charge in [-0.25, -0.2) is 9.97 Å². The molecule has 1 N–H and O–H groups in total. The maximum Gasteiger partial charge on any atom is 0.162 e. The molecule has 0 aliphatic heterocycles. The Hall–Kier alpha value is -3.80. The summed E-state index contributed by atoms with van der Waals surface area (Å²) in [6.45, 7) is 0. The number of nitrogens with zero attached hydrogens (tertiary/aromatic N) is 2. The average Bonchev–Trinajstić information content (AvgIpc) is 2.79. The van der Waals surface area contributed by atoms with Gasteiger partial charge in [0, 0.05) is 17.0 Å². The fraction of sp³-hybridized carbons (Fsp3) is 0.130. The number of benzene rings is 3. The summed E-state index contributed by atoms with van der Waals surface area (Å²) in [5.74, 6) is 3.51. The molecule has 0 saturated heterocycles. The predicted molar refractivity (Wildman–Crippen MR) is 114 cm³/mol. The molecule has 3 aromatic carbocycles. The molecular weight excluding hydrogens is 366 g/mol. The van der Waals surface area contributed by atoms with E-state index in [0.29, 0.717) is 17.4 Å². The van der Waals surface area contributed by atoms with Crippen LogP contribution in [-0.4, -0.2) is 31.3 Å². The van der Waals surface area contributed by atoms with E-state index >= 15 is 0 Å². The molecule has 29 heavy (non-hydrogen) atoms. The van der Waals surface area contributed by atoms with Gasteiger partial charge in [0.05, 0.1) is 32.5 Å². The first-order valence-electron chi connectivity index (χ1n) is 9.12. The minimum Gasteiger partial charge on any atom is -0.497 e. The van der Waals surface area contributed by atoms with E-state index in [9.17, 15) is 0 Å². The van der Waals surface area contributed by atoms with Gasteiger partial charge in [-0.2, -0.15) is 0 Å². The van der Waals surface area contributed by atoms with Gasteiger partial charge in [-0.3, -0.25) is 0 Å². The maximum atomic E-state index is 5.49. The van der Waals surface area contributed by atoms with Gasteiger partial charge in [0.1, 0.15) is 23.1 Å². The van der Waals surface area contributed by atoms with Crippen molar-refractivity contribution in [3.8, 4) is 28.6 Å². The number of ether oxygens (including phenoxy) is 3. The molecule has 0 bridgehead atoms. The number of methoxy groups -OCH3 is 3. The Balaban J connectivity index is 1.83. The Morgan fingerprint density at radius 3 is 2.17 bits per heavy atom. The minimum atomic E-state index is 0.621. The number of aromatic nitrogens is 2. The van der Waals surface area contributed by atoms with E-state index in [1.807, 2.05) is 66.7 Å². The molecule has 0 atom stereocenters. The highest BCUT2D eigenvalue weighted by Crippen LogP contribution is 2.34. The lowest BCUT2D eigenvalue weighted by Crippen LogP contribution is -2.01. The fourth-order valence-corrected chi connectivity index (χ4v) is 3.08. The molecule has 0 spiro atoms. The number of anilines is 2. The topological polar surface area (TPSA) is 65.5 Å². The summed E-state index contributed by atoms with van der Waals surface area (Å²) >= 11 is 0. The van der Waals surface area contributed by atoms with Crippen molar-refractivity contribution in [3.05, 3.63) is 66.7 Å². The summed E-state index contributed by atoms with van der Waals surface area (Å²) in [6.07, 6.45) is 0. The first kappa shape index (κ1) is 18.6. The average molecular weight is 387 g/mol. The van der Waals surface area contributed by atoms with Crippen LogP contribution in [0.15, 0.2) is 66.7 Å². The smallest absolute Gasteiger partial charge is 0.162 e. The molecule has 1 aromatic heterocycles. The van der Waals surface area contributed by atoms with Crippen molar-refractivity contribution in [2.24, 2.45) is 0 Å². The molecule has 4 rings (SSSR count). The molecule has 6 nitrogen and oxygen atoms in total. The molecule has 0 radical (unpaired) electrons. The van der Waals surface area contributed by atoms with Crippen molar-refractivity contribution in [2.75, 3.05) is 26.6 Å². The molecule has 0 saturated carbocycles. The first-order chi connectivity index (χ1) is 14.2. The zero-order valence-electron chi connectivity index (χ0n) is 16.5. The molecule has 0 aliphatic carbocycles. The lowest BCUT2D eigenvalue weighted by atomic mass is 10.1. The molecule has 4 aromatic rings. The SMILES string of the molecule is COc1ccc(-c2nc(Nc3cc(OC)ccc3OC)c3ccccc3n2)cc1. The summed E-state index contributed by atoms with van der Waals surface area (Å²) in [4.78, 5) is 9.53. The summed E-state index contributed by atoms with van der Waals surface area (Å²) < 4.78 is 16.1. The quantitative estimate of drug-likeness (QED) is 0.498. The van der Waals surface area contributed by atoms with Crippen LogP contribution < -0.4 is 19.5 Å². The minimum absolute atomic E-state index is 0.621. The van der Waals surface area contributed by atoms with Crippen LogP contribution in [0.1, 0.15) is 0 Å². The van der Waals surface area contributed by atoms with Crippen molar-refractivity contribution >= 4 is 22.4 Å². The van der Waals surface area contributed by atoms with E-state index in [4.69, 9.17) is 24.2 Å². The fourth-order valence-electron chi connectivity index (χ4n) is 3.08. The highest BCUT2D eigenvalue weighted by atomic mass is 16.5. The van der Waals surface area contributed by atoms with Gasteiger partial charge in [-0.15, -0.1) is 0 Å². The third kappa shape index (κ3) is 3.78. The van der Waals surface area contributed by atoms with E-state index in [-0.39, 0.29) is 0 Å². The second kappa shape index (κ2) is 8.06. The van der Waals surface area contributed by atoms with Crippen LogP contribution >= 0.6 is 0 Å². The van der Waals surface area contributed by atoms with E-state index in [0.717, 1.165) is 33.7 Å². The molecule has 146 valence electrons. The lowest BCUT2D eigenvalue weighted by Gasteiger charge is -2.14. The molecule has 6 heteroatoms. The molecule has 0 fully saturated rings. The van der Waals surface area contributed by atoms with Gasteiger partial charge in [0.15, 0.2) is 5.82 Å². The van der Waals surface area contributed by atoms with Gasteiger partial charge < -0.3 is 19.5 Å². The van der Waals surface area contributed by atoms with E-state index < -0.39 is 0 Å². The zero-order chi connectivity index (χ0) is 20.2. The number of rotatable bonds is 6. The van der Waals surface area contributed by atoms with Gasteiger partial charge >= 0.3 is 0 Å². The molecular formula is C23H21N3O3. The highest BCUT2D eigenvalue weighted by molar-refractivity contribution is 5.92. The Labute approximate surface area is 169 Å². The van der Waals surface area contributed by atoms with Crippen LogP contribution in [0, 0.1) is 0 Å². The molecule has 1 heterocycles. The summed E-state index contributed by atoms with van der Waals surface area (Å²) in [5, 5.41) is 4.30. The standard InChI is InChI=1S/C23H21N3O3/c1-27-16-10-8-15(9-11-16)22-24-19-7-5-4-6-18(19)23(26-22)25-20-14-17(28-2)12-13-21(20)29-3/h4-14H,1-3H3,(H,24,25,26). The molecule has 0 amide bonds. The first-order valence-corrected chi connectivity index (χ1v) is 9.12. The Morgan fingerprint density at radius 1 is 0.724 bits per heavy atom. The van der Waals surface area contributed by atoms with E-state index in [1.165, 1.54) is 0 Å². The van der Waals surface area contributed by atoms with Crippen molar-refractivity contribution in [1.29, 1.82) is 0 Å². The maximum absolute atomic E-state index is 5.49. The van der Waals surface area contributed by atoms with Crippen molar-refractivity contribution in [1.82, 2.24) is 9.97 Å². The lowest BCUT2D eigenvalue weighted by molar-refractivity contribution is 0.405. The normalized spacial score (nSPS) is 10.6. The highest BCUT2D eigenvalue weighted by Gasteiger charge is 2.12. The number of nitrogens with one attached hydrogen (secondary N) is 1. The third-order valence-corrected chi connectivity index (χ3v) is 4.61. The Kier molecular flexibility index (Phi) is 5.16. The number of para-hydroxylation sites is 1. The molecule has 0 aliphatic rings. The van der Waals surface area contributed by atoms with Crippen LogP contribution in [0.4, 0.5) is 11.5 Å².